The lowest BCUT2D eigenvalue weighted by Gasteiger charge is -2.19. The number of rotatable bonds is 1. The van der Waals surface area contributed by atoms with Gasteiger partial charge in [0.15, 0.2) is 0 Å². The molecule has 1 saturated heterocycles. The molecule has 1 nitrogen and oxygen atoms in total. The fourth-order valence-corrected chi connectivity index (χ4v) is 1.49. The van der Waals surface area contributed by atoms with E-state index in [-0.39, 0.29) is 5.60 Å². The minimum Gasteiger partial charge on any atom is -0.368 e. The van der Waals surface area contributed by atoms with E-state index in [4.69, 9.17) is 4.74 Å². The predicted octanol–water partition coefficient (Wildman–Crippen LogP) is 2.91. The van der Waals surface area contributed by atoms with Crippen molar-refractivity contribution < 1.29 is 4.74 Å². The average molecular weight is 154 g/mol. The third-order valence-corrected chi connectivity index (χ3v) is 2.43. The fraction of sp³-hybridized carbons (Fsp3) is 0.800. The van der Waals surface area contributed by atoms with E-state index in [9.17, 15) is 0 Å². The summed E-state index contributed by atoms with van der Waals surface area (Å²) in [4.78, 5) is 0. The molecule has 0 aromatic rings. The van der Waals surface area contributed by atoms with Crippen molar-refractivity contribution in [3.63, 3.8) is 0 Å². The first-order valence-corrected chi connectivity index (χ1v) is 4.36. The Morgan fingerprint density at radius 2 is 2.18 bits per heavy atom. The third kappa shape index (κ3) is 2.06. The number of hydrogen-bond donors (Lipinski definition) is 0. The Bertz CT molecular complexity index is 168. The van der Waals surface area contributed by atoms with Crippen molar-refractivity contribution in [1.82, 2.24) is 0 Å². The zero-order valence-electron chi connectivity index (χ0n) is 7.98. The molecule has 0 aliphatic carbocycles. The van der Waals surface area contributed by atoms with Crippen molar-refractivity contribution in [2.24, 2.45) is 0 Å². The minimum absolute atomic E-state index is 0.106. The Balaban J connectivity index is 2.55. The average Bonchev–Trinajstić information content (AvgIpc) is 2.29. The first-order chi connectivity index (χ1) is 5.05. The highest BCUT2D eigenvalue weighted by atomic mass is 16.5. The van der Waals surface area contributed by atoms with Gasteiger partial charge < -0.3 is 4.74 Å². The van der Waals surface area contributed by atoms with Crippen molar-refractivity contribution in [2.45, 2.75) is 52.2 Å². The highest BCUT2D eigenvalue weighted by Crippen LogP contribution is 2.32. The zero-order chi connectivity index (χ0) is 8.48. The van der Waals surface area contributed by atoms with E-state index < -0.39 is 0 Å². The van der Waals surface area contributed by atoms with E-state index in [2.05, 4.69) is 33.8 Å². The largest absolute Gasteiger partial charge is 0.368 e. The zero-order valence-corrected chi connectivity index (χ0v) is 7.98. The summed E-state index contributed by atoms with van der Waals surface area (Å²) >= 11 is 0. The third-order valence-electron chi connectivity index (χ3n) is 2.43. The second kappa shape index (κ2) is 2.98. The second-order valence-electron chi connectivity index (χ2n) is 3.94. The molecular weight excluding hydrogens is 136 g/mol. The lowest BCUT2D eigenvalue weighted by Crippen LogP contribution is -2.20. The van der Waals surface area contributed by atoms with Crippen molar-refractivity contribution in [2.75, 3.05) is 0 Å². The van der Waals surface area contributed by atoms with Crippen molar-refractivity contribution in [3.05, 3.63) is 11.6 Å². The van der Waals surface area contributed by atoms with Gasteiger partial charge in [-0.05, 0) is 46.1 Å². The SMILES string of the molecule is C/C=C(/C)[C@@H]1CCC(C)(C)O1. The molecule has 1 fully saturated rings. The monoisotopic (exact) mass is 154 g/mol. The summed E-state index contributed by atoms with van der Waals surface area (Å²) in [5, 5.41) is 0. The van der Waals surface area contributed by atoms with Crippen LogP contribution in [0.4, 0.5) is 0 Å². The van der Waals surface area contributed by atoms with Gasteiger partial charge in [-0.1, -0.05) is 6.08 Å². The first-order valence-electron chi connectivity index (χ1n) is 4.36. The van der Waals surface area contributed by atoms with Crippen molar-refractivity contribution >= 4 is 0 Å². The van der Waals surface area contributed by atoms with Crippen LogP contribution in [0.25, 0.3) is 0 Å². The molecule has 0 aromatic heterocycles. The number of ether oxygens (including phenoxy) is 1. The predicted molar refractivity (Wildman–Crippen MR) is 47.6 cm³/mol. The van der Waals surface area contributed by atoms with Gasteiger partial charge in [-0.15, -0.1) is 0 Å². The molecular formula is C10H18O. The molecule has 0 aromatic carbocycles. The van der Waals surface area contributed by atoms with Gasteiger partial charge in [-0.2, -0.15) is 0 Å². The molecule has 64 valence electrons. The maximum atomic E-state index is 5.83. The van der Waals surface area contributed by atoms with Gasteiger partial charge in [0.1, 0.15) is 0 Å². The highest BCUT2D eigenvalue weighted by Gasteiger charge is 2.31. The van der Waals surface area contributed by atoms with Gasteiger partial charge in [0.25, 0.3) is 0 Å². The lowest BCUT2D eigenvalue weighted by molar-refractivity contribution is 0.000500. The standard InChI is InChI=1S/C10H18O/c1-5-8(2)9-6-7-10(3,4)11-9/h5,9H,6-7H2,1-4H3/b8-5-/t9-/m0/s1. The van der Waals surface area contributed by atoms with E-state index in [0.29, 0.717) is 6.10 Å². The summed E-state index contributed by atoms with van der Waals surface area (Å²) in [7, 11) is 0. The molecule has 1 heteroatoms. The van der Waals surface area contributed by atoms with E-state index >= 15 is 0 Å². The van der Waals surface area contributed by atoms with Crippen LogP contribution >= 0.6 is 0 Å². The molecule has 0 saturated carbocycles. The molecule has 11 heavy (non-hydrogen) atoms. The summed E-state index contributed by atoms with van der Waals surface area (Å²) in [5.41, 5.74) is 1.48. The van der Waals surface area contributed by atoms with Crippen molar-refractivity contribution in [1.29, 1.82) is 0 Å². The highest BCUT2D eigenvalue weighted by molar-refractivity contribution is 5.06. The summed E-state index contributed by atoms with van der Waals surface area (Å²) in [6, 6.07) is 0. The van der Waals surface area contributed by atoms with Gasteiger partial charge in [-0.3, -0.25) is 0 Å². The molecule has 0 bridgehead atoms. The number of hydrogen-bond acceptors (Lipinski definition) is 1. The Morgan fingerprint density at radius 3 is 2.55 bits per heavy atom. The first kappa shape index (κ1) is 8.79. The van der Waals surface area contributed by atoms with Crippen LogP contribution in [0.15, 0.2) is 11.6 Å². The van der Waals surface area contributed by atoms with Crippen LogP contribution in [0.2, 0.25) is 0 Å². The summed E-state index contributed by atoms with van der Waals surface area (Å²) in [6.45, 7) is 8.54. The number of allylic oxidation sites excluding steroid dienone is 1. The smallest absolute Gasteiger partial charge is 0.0790 e. The van der Waals surface area contributed by atoms with Crippen LogP contribution in [-0.4, -0.2) is 11.7 Å². The molecule has 0 spiro atoms. The van der Waals surface area contributed by atoms with Crippen LogP contribution in [0.3, 0.4) is 0 Å². The Hall–Kier alpha value is -0.300. The van der Waals surface area contributed by atoms with Gasteiger partial charge >= 0.3 is 0 Å². The molecule has 0 N–H and O–H groups in total. The van der Waals surface area contributed by atoms with Gasteiger partial charge in [0, 0.05) is 0 Å². The molecule has 0 amide bonds. The van der Waals surface area contributed by atoms with Crippen LogP contribution in [0.1, 0.15) is 40.5 Å². The van der Waals surface area contributed by atoms with Crippen LogP contribution in [0, 0.1) is 0 Å². The maximum Gasteiger partial charge on any atom is 0.0790 e. The van der Waals surface area contributed by atoms with Crippen LogP contribution in [-0.2, 0) is 4.74 Å². The molecule has 1 aliphatic rings. The van der Waals surface area contributed by atoms with Crippen molar-refractivity contribution in [3.8, 4) is 0 Å². The topological polar surface area (TPSA) is 9.23 Å². The Morgan fingerprint density at radius 1 is 1.55 bits per heavy atom. The minimum atomic E-state index is 0.106. The van der Waals surface area contributed by atoms with E-state index in [1.807, 2.05) is 0 Å². The molecule has 1 rings (SSSR count). The van der Waals surface area contributed by atoms with Gasteiger partial charge in [0.2, 0.25) is 0 Å². The van der Waals surface area contributed by atoms with E-state index in [1.165, 1.54) is 18.4 Å². The summed E-state index contributed by atoms with van der Waals surface area (Å²) in [6.07, 6.45) is 4.90. The second-order valence-corrected chi connectivity index (χ2v) is 3.94. The van der Waals surface area contributed by atoms with E-state index in [1.54, 1.807) is 0 Å². The molecule has 0 radical (unpaired) electrons. The molecule has 1 heterocycles. The summed E-state index contributed by atoms with van der Waals surface area (Å²) < 4.78 is 5.83. The van der Waals surface area contributed by atoms with Crippen LogP contribution < -0.4 is 0 Å². The summed E-state index contributed by atoms with van der Waals surface area (Å²) in [5.74, 6) is 0. The molecule has 0 unspecified atom stereocenters. The Labute approximate surface area is 69.4 Å². The quantitative estimate of drug-likeness (QED) is 0.528. The fourth-order valence-electron chi connectivity index (χ4n) is 1.49. The maximum absolute atomic E-state index is 5.83. The normalized spacial score (nSPS) is 30.9. The Kier molecular flexibility index (Phi) is 2.38. The lowest BCUT2D eigenvalue weighted by atomic mass is 10.0. The molecule has 1 aliphatic heterocycles. The van der Waals surface area contributed by atoms with Gasteiger partial charge in [-0.25, -0.2) is 0 Å². The van der Waals surface area contributed by atoms with Crippen LogP contribution in [0.5, 0.6) is 0 Å². The molecule has 1 atom stereocenters. The van der Waals surface area contributed by atoms with E-state index in [0.717, 1.165) is 0 Å². The van der Waals surface area contributed by atoms with Gasteiger partial charge in [0.05, 0.1) is 11.7 Å².